The SMILES string of the molecule is CC(C)(C)N1CCCC1c1ccccc1C1CCN(Cc2ccccc2)CC1. The topological polar surface area (TPSA) is 6.48 Å². The molecule has 28 heavy (non-hydrogen) atoms. The Morgan fingerprint density at radius 2 is 1.43 bits per heavy atom. The van der Waals surface area contributed by atoms with E-state index in [1.807, 2.05) is 0 Å². The molecule has 0 aromatic heterocycles. The molecule has 2 aliphatic rings. The van der Waals surface area contributed by atoms with Crippen LogP contribution in [0.3, 0.4) is 0 Å². The summed E-state index contributed by atoms with van der Waals surface area (Å²) in [4.78, 5) is 5.36. The van der Waals surface area contributed by atoms with Gasteiger partial charge in [0, 0.05) is 18.1 Å². The predicted octanol–water partition coefficient (Wildman–Crippen LogP) is 6.00. The zero-order chi connectivity index (χ0) is 19.6. The van der Waals surface area contributed by atoms with Gasteiger partial charge in [-0.05, 0) is 88.7 Å². The van der Waals surface area contributed by atoms with Crippen LogP contribution in [0.25, 0.3) is 0 Å². The van der Waals surface area contributed by atoms with Gasteiger partial charge in [-0.3, -0.25) is 9.80 Å². The van der Waals surface area contributed by atoms with Crippen LogP contribution in [0.1, 0.15) is 75.1 Å². The zero-order valence-corrected chi connectivity index (χ0v) is 17.9. The average molecular weight is 377 g/mol. The first kappa shape index (κ1) is 19.7. The summed E-state index contributed by atoms with van der Waals surface area (Å²) in [6.45, 7) is 11.9. The molecule has 0 bridgehead atoms. The van der Waals surface area contributed by atoms with E-state index in [4.69, 9.17) is 0 Å². The number of likely N-dealkylation sites (tertiary alicyclic amines) is 2. The largest absolute Gasteiger partial charge is 0.299 e. The van der Waals surface area contributed by atoms with Crippen LogP contribution in [0.2, 0.25) is 0 Å². The number of nitrogens with zero attached hydrogens (tertiary/aromatic N) is 2. The van der Waals surface area contributed by atoms with Gasteiger partial charge in [-0.2, -0.15) is 0 Å². The van der Waals surface area contributed by atoms with E-state index in [1.54, 1.807) is 11.1 Å². The van der Waals surface area contributed by atoms with E-state index in [0.717, 1.165) is 6.54 Å². The van der Waals surface area contributed by atoms with E-state index in [0.29, 0.717) is 12.0 Å². The summed E-state index contributed by atoms with van der Waals surface area (Å²) in [6.07, 6.45) is 5.20. The third-order valence-electron chi connectivity index (χ3n) is 6.75. The average Bonchev–Trinajstić information content (AvgIpc) is 3.20. The summed E-state index contributed by atoms with van der Waals surface area (Å²) in [6, 6.07) is 20.9. The molecule has 0 saturated carbocycles. The Morgan fingerprint density at radius 1 is 0.786 bits per heavy atom. The van der Waals surface area contributed by atoms with E-state index in [2.05, 4.69) is 85.2 Å². The van der Waals surface area contributed by atoms with Crippen molar-refractivity contribution >= 4 is 0 Å². The van der Waals surface area contributed by atoms with Crippen molar-refractivity contribution in [2.45, 2.75) is 70.5 Å². The highest BCUT2D eigenvalue weighted by Crippen LogP contribution is 2.42. The number of benzene rings is 2. The highest BCUT2D eigenvalue weighted by Gasteiger charge is 2.35. The monoisotopic (exact) mass is 376 g/mol. The third-order valence-corrected chi connectivity index (χ3v) is 6.75. The smallest absolute Gasteiger partial charge is 0.0356 e. The van der Waals surface area contributed by atoms with Crippen LogP contribution in [-0.4, -0.2) is 35.0 Å². The summed E-state index contributed by atoms with van der Waals surface area (Å²) >= 11 is 0. The van der Waals surface area contributed by atoms with Crippen molar-refractivity contribution < 1.29 is 0 Å². The Hall–Kier alpha value is -1.64. The van der Waals surface area contributed by atoms with Gasteiger partial charge in [0.25, 0.3) is 0 Å². The molecule has 0 amide bonds. The molecule has 4 rings (SSSR count). The molecule has 2 aliphatic heterocycles. The maximum atomic E-state index is 2.73. The van der Waals surface area contributed by atoms with E-state index in [9.17, 15) is 0 Å². The zero-order valence-electron chi connectivity index (χ0n) is 17.9. The molecule has 2 heterocycles. The first-order chi connectivity index (χ1) is 13.5. The molecule has 0 radical (unpaired) electrons. The van der Waals surface area contributed by atoms with Crippen LogP contribution >= 0.6 is 0 Å². The van der Waals surface area contributed by atoms with E-state index in [1.165, 1.54) is 50.9 Å². The molecule has 1 unspecified atom stereocenters. The second-order valence-electron chi connectivity index (χ2n) is 9.69. The Balaban J connectivity index is 1.46. The minimum atomic E-state index is 0.243. The molecule has 0 aliphatic carbocycles. The maximum Gasteiger partial charge on any atom is 0.0356 e. The summed E-state index contributed by atoms with van der Waals surface area (Å²) < 4.78 is 0. The van der Waals surface area contributed by atoms with Crippen molar-refractivity contribution in [3.63, 3.8) is 0 Å². The molecule has 150 valence electrons. The number of hydrogen-bond donors (Lipinski definition) is 0. The standard InChI is InChI=1S/C26H36N2/c1-26(2,3)28-17-9-14-25(28)24-13-8-7-12-23(24)22-15-18-27(19-16-22)20-21-10-5-4-6-11-21/h4-8,10-13,22,25H,9,14-20H2,1-3H3. The fraction of sp³-hybridized carbons (Fsp3) is 0.538. The van der Waals surface area contributed by atoms with Gasteiger partial charge in [-0.15, -0.1) is 0 Å². The van der Waals surface area contributed by atoms with E-state index in [-0.39, 0.29) is 5.54 Å². The van der Waals surface area contributed by atoms with Gasteiger partial charge in [0.1, 0.15) is 0 Å². The van der Waals surface area contributed by atoms with Crippen molar-refractivity contribution in [3.05, 3.63) is 71.3 Å². The van der Waals surface area contributed by atoms with E-state index < -0.39 is 0 Å². The first-order valence-electron chi connectivity index (χ1n) is 11.1. The quantitative estimate of drug-likeness (QED) is 0.645. The van der Waals surface area contributed by atoms with Gasteiger partial charge < -0.3 is 0 Å². The fourth-order valence-corrected chi connectivity index (χ4v) is 5.32. The fourth-order valence-electron chi connectivity index (χ4n) is 5.32. The third kappa shape index (κ3) is 4.34. The van der Waals surface area contributed by atoms with Crippen molar-refractivity contribution in [1.82, 2.24) is 9.80 Å². The highest BCUT2D eigenvalue weighted by molar-refractivity contribution is 5.34. The predicted molar refractivity (Wildman–Crippen MR) is 119 cm³/mol. The van der Waals surface area contributed by atoms with Crippen molar-refractivity contribution in [1.29, 1.82) is 0 Å². The summed E-state index contributed by atoms with van der Waals surface area (Å²) in [5, 5.41) is 0. The lowest BCUT2D eigenvalue weighted by Crippen LogP contribution is -2.41. The van der Waals surface area contributed by atoms with Gasteiger partial charge in [0.15, 0.2) is 0 Å². The van der Waals surface area contributed by atoms with Crippen molar-refractivity contribution in [3.8, 4) is 0 Å². The van der Waals surface area contributed by atoms with Crippen LogP contribution in [0, 0.1) is 0 Å². The molecule has 2 saturated heterocycles. The number of rotatable bonds is 4. The lowest BCUT2D eigenvalue weighted by atomic mass is 9.83. The normalized spacial score (nSPS) is 22.6. The molecular formula is C26H36N2. The lowest BCUT2D eigenvalue weighted by Gasteiger charge is -2.39. The van der Waals surface area contributed by atoms with Crippen LogP contribution < -0.4 is 0 Å². The Kier molecular flexibility index (Phi) is 5.89. The Labute approximate surface area is 171 Å². The molecule has 2 aromatic rings. The van der Waals surface area contributed by atoms with Crippen molar-refractivity contribution in [2.24, 2.45) is 0 Å². The van der Waals surface area contributed by atoms with Crippen LogP contribution in [0.4, 0.5) is 0 Å². The minimum Gasteiger partial charge on any atom is -0.299 e. The first-order valence-corrected chi connectivity index (χ1v) is 11.1. The number of hydrogen-bond acceptors (Lipinski definition) is 2. The minimum absolute atomic E-state index is 0.243. The summed E-state index contributed by atoms with van der Waals surface area (Å²) in [7, 11) is 0. The molecule has 2 aromatic carbocycles. The molecule has 2 nitrogen and oxygen atoms in total. The summed E-state index contributed by atoms with van der Waals surface area (Å²) in [5.74, 6) is 0.714. The second-order valence-corrected chi connectivity index (χ2v) is 9.69. The van der Waals surface area contributed by atoms with E-state index >= 15 is 0 Å². The molecule has 2 fully saturated rings. The van der Waals surface area contributed by atoms with Crippen LogP contribution in [-0.2, 0) is 6.54 Å². The van der Waals surface area contributed by atoms with Crippen molar-refractivity contribution in [2.75, 3.05) is 19.6 Å². The van der Waals surface area contributed by atoms with Crippen LogP contribution in [0.15, 0.2) is 54.6 Å². The second kappa shape index (κ2) is 8.39. The van der Waals surface area contributed by atoms with Gasteiger partial charge in [-0.25, -0.2) is 0 Å². The molecule has 0 N–H and O–H groups in total. The Morgan fingerprint density at radius 3 is 2.11 bits per heavy atom. The molecule has 2 heteroatoms. The highest BCUT2D eigenvalue weighted by atomic mass is 15.2. The van der Waals surface area contributed by atoms with Gasteiger partial charge >= 0.3 is 0 Å². The van der Waals surface area contributed by atoms with Gasteiger partial charge in [0.05, 0.1) is 0 Å². The van der Waals surface area contributed by atoms with Gasteiger partial charge in [0.2, 0.25) is 0 Å². The van der Waals surface area contributed by atoms with Crippen LogP contribution in [0.5, 0.6) is 0 Å². The summed E-state index contributed by atoms with van der Waals surface area (Å²) in [5.41, 5.74) is 4.92. The molecular weight excluding hydrogens is 340 g/mol. The molecule has 0 spiro atoms. The maximum absolute atomic E-state index is 2.73. The molecule has 1 atom stereocenters. The Bertz CT molecular complexity index is 754. The lowest BCUT2D eigenvalue weighted by molar-refractivity contribution is 0.120. The van der Waals surface area contributed by atoms with Gasteiger partial charge in [-0.1, -0.05) is 54.6 Å². The number of piperidine rings is 1.